The highest BCUT2D eigenvalue weighted by Gasteiger charge is 2.50. The summed E-state index contributed by atoms with van der Waals surface area (Å²) in [4.78, 5) is 14.8. The zero-order chi connectivity index (χ0) is 18.9. The van der Waals surface area contributed by atoms with Gasteiger partial charge in [0, 0.05) is 25.0 Å². The number of carbonyl (C=O) groups is 1. The van der Waals surface area contributed by atoms with Gasteiger partial charge in [-0.05, 0) is 56.5 Å². The summed E-state index contributed by atoms with van der Waals surface area (Å²) in [6.45, 7) is 7.50. The summed E-state index contributed by atoms with van der Waals surface area (Å²) in [6, 6.07) is 4.21. The van der Waals surface area contributed by atoms with Crippen LogP contribution in [0.1, 0.15) is 44.2 Å². The molecule has 27 heavy (non-hydrogen) atoms. The van der Waals surface area contributed by atoms with Crippen LogP contribution in [0.15, 0.2) is 23.8 Å². The quantitative estimate of drug-likeness (QED) is 0.604. The van der Waals surface area contributed by atoms with Crippen LogP contribution in [0.2, 0.25) is 0 Å². The van der Waals surface area contributed by atoms with Crippen molar-refractivity contribution >= 4 is 5.97 Å². The third-order valence-electron chi connectivity index (χ3n) is 6.11. The molecule has 1 fully saturated rings. The number of nitrogens with zero attached hydrogens (tertiary/aromatic N) is 1. The SMILES string of the molecule is CC(C)(C)C(=O)O[C@H]1C=C2CCN3Cc4cc5c(cc4[C@H]([C@@H]1O)[C@@H]23)OCO5. The van der Waals surface area contributed by atoms with E-state index in [1.54, 1.807) is 0 Å². The van der Waals surface area contributed by atoms with E-state index < -0.39 is 17.6 Å². The molecule has 0 radical (unpaired) electrons. The summed E-state index contributed by atoms with van der Waals surface area (Å²) in [5, 5.41) is 11.2. The predicted molar refractivity (Wildman–Crippen MR) is 97.5 cm³/mol. The Morgan fingerprint density at radius 3 is 2.74 bits per heavy atom. The number of aliphatic hydroxyl groups is 1. The minimum atomic E-state index is -0.787. The van der Waals surface area contributed by atoms with Gasteiger partial charge in [0.15, 0.2) is 11.5 Å². The fraction of sp³-hybridized carbons (Fsp3) is 0.571. The number of hydrogen-bond acceptors (Lipinski definition) is 6. The number of ether oxygens (including phenoxy) is 3. The first-order valence-corrected chi connectivity index (χ1v) is 9.59. The Morgan fingerprint density at radius 1 is 1.26 bits per heavy atom. The Balaban J connectivity index is 1.55. The molecule has 4 atom stereocenters. The third kappa shape index (κ3) is 2.57. The zero-order valence-electron chi connectivity index (χ0n) is 15.9. The second-order valence-corrected chi connectivity index (χ2v) is 8.95. The van der Waals surface area contributed by atoms with E-state index in [9.17, 15) is 9.90 Å². The van der Waals surface area contributed by atoms with Crippen molar-refractivity contribution < 1.29 is 24.1 Å². The molecule has 0 bridgehead atoms. The highest BCUT2D eigenvalue weighted by Crippen LogP contribution is 2.50. The topological polar surface area (TPSA) is 68.2 Å². The molecule has 5 rings (SSSR count). The predicted octanol–water partition coefficient (Wildman–Crippen LogP) is 2.35. The lowest BCUT2D eigenvalue weighted by atomic mass is 9.73. The molecule has 1 aromatic carbocycles. The molecule has 1 aromatic rings. The van der Waals surface area contributed by atoms with E-state index >= 15 is 0 Å². The molecule has 0 amide bonds. The maximum Gasteiger partial charge on any atom is 0.311 e. The number of benzene rings is 1. The van der Waals surface area contributed by atoms with Crippen LogP contribution in [0.3, 0.4) is 0 Å². The molecule has 6 heteroatoms. The standard InChI is InChI=1S/C21H25NO5/c1-21(2,3)20(24)27-16-6-11-4-5-22-9-12-7-14-15(26-10-25-14)8-13(12)17(18(11)22)19(16)23/h6-8,16-19,23H,4-5,9-10H2,1-3H3/t16-,17-,18+,19+/m0/s1. The summed E-state index contributed by atoms with van der Waals surface area (Å²) in [5.74, 6) is 1.07. The smallest absolute Gasteiger partial charge is 0.311 e. The molecule has 3 aliphatic heterocycles. The summed E-state index contributed by atoms with van der Waals surface area (Å²) >= 11 is 0. The second-order valence-electron chi connectivity index (χ2n) is 8.95. The first-order chi connectivity index (χ1) is 12.8. The molecule has 4 aliphatic rings. The van der Waals surface area contributed by atoms with Gasteiger partial charge in [0.05, 0.1) is 5.41 Å². The van der Waals surface area contributed by atoms with Crippen molar-refractivity contribution in [3.8, 4) is 11.5 Å². The first-order valence-electron chi connectivity index (χ1n) is 9.59. The fourth-order valence-corrected chi connectivity index (χ4v) is 4.74. The molecule has 6 nitrogen and oxygen atoms in total. The number of fused-ring (bicyclic) bond motifs is 3. The van der Waals surface area contributed by atoms with Crippen molar-refractivity contribution in [3.63, 3.8) is 0 Å². The maximum absolute atomic E-state index is 12.4. The van der Waals surface area contributed by atoms with E-state index in [0.29, 0.717) is 0 Å². The first kappa shape index (κ1) is 17.1. The van der Waals surface area contributed by atoms with Gasteiger partial charge in [0.2, 0.25) is 6.79 Å². The molecule has 1 aliphatic carbocycles. The van der Waals surface area contributed by atoms with Crippen molar-refractivity contribution in [3.05, 3.63) is 34.9 Å². The number of hydrogen-bond donors (Lipinski definition) is 1. The molecular formula is C21H25NO5. The van der Waals surface area contributed by atoms with Crippen LogP contribution in [-0.4, -0.2) is 47.6 Å². The lowest BCUT2D eigenvalue weighted by Gasteiger charge is -2.45. The minimum Gasteiger partial charge on any atom is -0.455 e. The second kappa shape index (κ2) is 5.72. The lowest BCUT2D eigenvalue weighted by molar-refractivity contribution is -0.163. The summed E-state index contributed by atoms with van der Waals surface area (Å²) < 4.78 is 16.8. The van der Waals surface area contributed by atoms with Gasteiger partial charge >= 0.3 is 5.97 Å². The van der Waals surface area contributed by atoms with Gasteiger partial charge in [-0.25, -0.2) is 0 Å². The normalized spacial score (nSPS) is 31.2. The summed E-state index contributed by atoms with van der Waals surface area (Å²) in [5.41, 5.74) is 2.90. The van der Waals surface area contributed by atoms with E-state index in [2.05, 4.69) is 4.90 Å². The van der Waals surface area contributed by atoms with E-state index in [-0.39, 0.29) is 24.7 Å². The number of aliphatic hydroxyl groups excluding tert-OH is 1. The van der Waals surface area contributed by atoms with Crippen LogP contribution in [0.25, 0.3) is 0 Å². The molecule has 0 aromatic heterocycles. The van der Waals surface area contributed by atoms with Gasteiger partial charge in [-0.2, -0.15) is 0 Å². The lowest BCUT2D eigenvalue weighted by Crippen LogP contribution is -2.51. The Hall–Kier alpha value is -2.05. The van der Waals surface area contributed by atoms with Gasteiger partial charge < -0.3 is 19.3 Å². The van der Waals surface area contributed by atoms with E-state index in [4.69, 9.17) is 14.2 Å². The van der Waals surface area contributed by atoms with E-state index in [1.807, 2.05) is 39.0 Å². The largest absolute Gasteiger partial charge is 0.455 e. The Bertz CT molecular complexity index is 840. The van der Waals surface area contributed by atoms with E-state index in [0.717, 1.165) is 42.1 Å². The number of rotatable bonds is 1. The van der Waals surface area contributed by atoms with Crippen LogP contribution in [0, 0.1) is 5.41 Å². The van der Waals surface area contributed by atoms with Gasteiger partial charge in [0.1, 0.15) is 12.2 Å². The maximum atomic E-state index is 12.4. The molecule has 144 valence electrons. The number of carbonyl (C=O) groups excluding carboxylic acids is 1. The molecule has 1 N–H and O–H groups in total. The van der Waals surface area contributed by atoms with Gasteiger partial charge in [-0.1, -0.05) is 5.57 Å². The average molecular weight is 371 g/mol. The van der Waals surface area contributed by atoms with Gasteiger partial charge in [-0.3, -0.25) is 9.69 Å². The van der Waals surface area contributed by atoms with Crippen LogP contribution >= 0.6 is 0 Å². The molecule has 0 spiro atoms. The van der Waals surface area contributed by atoms with Crippen LogP contribution in [0.5, 0.6) is 11.5 Å². The Kier molecular flexibility index (Phi) is 3.62. The van der Waals surface area contributed by atoms with Crippen molar-refractivity contribution in [2.75, 3.05) is 13.3 Å². The fourth-order valence-electron chi connectivity index (χ4n) is 4.74. The highest BCUT2D eigenvalue weighted by molar-refractivity contribution is 5.75. The highest BCUT2D eigenvalue weighted by atomic mass is 16.7. The van der Waals surface area contributed by atoms with Crippen molar-refractivity contribution in [1.29, 1.82) is 0 Å². The van der Waals surface area contributed by atoms with Crippen LogP contribution in [-0.2, 0) is 16.1 Å². The molecule has 3 heterocycles. The van der Waals surface area contributed by atoms with Crippen molar-refractivity contribution in [1.82, 2.24) is 4.90 Å². The molecule has 0 unspecified atom stereocenters. The monoisotopic (exact) mass is 371 g/mol. The molecular weight excluding hydrogens is 346 g/mol. The third-order valence-corrected chi connectivity index (χ3v) is 6.11. The molecule has 0 saturated carbocycles. The Labute approximate surface area is 158 Å². The molecule has 1 saturated heterocycles. The summed E-state index contributed by atoms with van der Waals surface area (Å²) in [6.07, 6.45) is 1.51. The van der Waals surface area contributed by atoms with Crippen LogP contribution < -0.4 is 9.47 Å². The Morgan fingerprint density at radius 2 is 2.00 bits per heavy atom. The van der Waals surface area contributed by atoms with Crippen LogP contribution in [0.4, 0.5) is 0 Å². The van der Waals surface area contributed by atoms with E-state index in [1.165, 1.54) is 5.57 Å². The summed E-state index contributed by atoms with van der Waals surface area (Å²) in [7, 11) is 0. The van der Waals surface area contributed by atoms with Gasteiger partial charge in [-0.15, -0.1) is 0 Å². The van der Waals surface area contributed by atoms with Crippen molar-refractivity contribution in [2.45, 2.75) is 57.9 Å². The number of esters is 1. The average Bonchev–Trinajstić information content (AvgIpc) is 3.22. The zero-order valence-corrected chi connectivity index (χ0v) is 15.9. The van der Waals surface area contributed by atoms with Crippen molar-refractivity contribution in [2.24, 2.45) is 5.41 Å². The minimum absolute atomic E-state index is 0.136. The van der Waals surface area contributed by atoms with Gasteiger partial charge in [0.25, 0.3) is 0 Å².